The van der Waals surface area contributed by atoms with Crippen LogP contribution in [-0.2, 0) is 0 Å². The lowest BCUT2D eigenvalue weighted by Gasteiger charge is -2.44. The molecule has 1 aromatic heterocycles. The van der Waals surface area contributed by atoms with Crippen LogP contribution in [0.1, 0.15) is 24.2 Å². The minimum Gasteiger partial charge on any atom is -0.478 e. The average Bonchev–Trinajstić information content (AvgIpc) is 2.42. The second kappa shape index (κ2) is 4.19. The topological polar surface area (TPSA) is 66.3 Å². The van der Waals surface area contributed by atoms with Gasteiger partial charge in [-0.15, -0.1) is 0 Å². The van der Waals surface area contributed by atoms with Crippen LogP contribution < -0.4 is 4.90 Å². The van der Waals surface area contributed by atoms with Gasteiger partial charge in [-0.2, -0.15) is 0 Å². The zero-order chi connectivity index (χ0) is 13.6. The molecule has 1 aliphatic rings. The SMILES string of the molecule is CC1CN(c2ncc3c(C(=O)O)cccc3n2)C1C. The summed E-state index contributed by atoms with van der Waals surface area (Å²) in [4.78, 5) is 22.1. The maximum Gasteiger partial charge on any atom is 0.336 e. The zero-order valence-electron chi connectivity index (χ0n) is 10.9. The van der Waals surface area contributed by atoms with Crippen LogP contribution in [0.5, 0.6) is 0 Å². The van der Waals surface area contributed by atoms with Crippen molar-refractivity contribution in [1.82, 2.24) is 9.97 Å². The quantitative estimate of drug-likeness (QED) is 0.893. The predicted molar refractivity (Wildman–Crippen MR) is 72.5 cm³/mol. The van der Waals surface area contributed by atoms with Gasteiger partial charge in [0.15, 0.2) is 0 Å². The fourth-order valence-electron chi connectivity index (χ4n) is 2.43. The van der Waals surface area contributed by atoms with Gasteiger partial charge >= 0.3 is 5.97 Å². The largest absolute Gasteiger partial charge is 0.478 e. The maximum atomic E-state index is 11.1. The molecule has 2 atom stereocenters. The van der Waals surface area contributed by atoms with E-state index in [0.29, 0.717) is 28.8 Å². The second-order valence-electron chi connectivity index (χ2n) is 5.08. The molecule has 2 aromatic rings. The minimum absolute atomic E-state index is 0.245. The maximum absolute atomic E-state index is 11.1. The van der Waals surface area contributed by atoms with E-state index in [2.05, 4.69) is 28.7 Å². The molecule has 0 aliphatic carbocycles. The molecule has 2 unspecified atom stereocenters. The summed E-state index contributed by atoms with van der Waals surface area (Å²) in [5.41, 5.74) is 0.922. The molecule has 0 bridgehead atoms. The number of nitrogens with zero attached hydrogens (tertiary/aromatic N) is 3. The van der Waals surface area contributed by atoms with Crippen LogP contribution in [0.2, 0.25) is 0 Å². The number of carbonyl (C=O) groups is 1. The molecule has 19 heavy (non-hydrogen) atoms. The van der Waals surface area contributed by atoms with E-state index >= 15 is 0 Å². The van der Waals surface area contributed by atoms with Gasteiger partial charge in [0.25, 0.3) is 0 Å². The zero-order valence-corrected chi connectivity index (χ0v) is 10.9. The number of carboxylic acid groups (broad SMARTS) is 1. The highest BCUT2D eigenvalue weighted by molar-refractivity contribution is 6.02. The third kappa shape index (κ3) is 1.82. The number of aromatic nitrogens is 2. The summed E-state index contributed by atoms with van der Waals surface area (Å²) in [5.74, 6) is 0.373. The number of hydrogen-bond acceptors (Lipinski definition) is 4. The molecule has 98 valence electrons. The number of fused-ring (bicyclic) bond motifs is 1. The third-order valence-electron chi connectivity index (χ3n) is 3.90. The first-order chi connectivity index (χ1) is 9.08. The normalized spacial score (nSPS) is 22.3. The Morgan fingerprint density at radius 1 is 1.42 bits per heavy atom. The van der Waals surface area contributed by atoms with Crippen molar-refractivity contribution in [2.75, 3.05) is 11.4 Å². The Morgan fingerprint density at radius 2 is 2.21 bits per heavy atom. The molecule has 5 nitrogen and oxygen atoms in total. The Labute approximate surface area is 110 Å². The fourth-order valence-corrected chi connectivity index (χ4v) is 2.43. The Morgan fingerprint density at radius 3 is 2.84 bits per heavy atom. The monoisotopic (exact) mass is 257 g/mol. The van der Waals surface area contributed by atoms with E-state index in [1.165, 1.54) is 0 Å². The van der Waals surface area contributed by atoms with Crippen LogP contribution in [0.15, 0.2) is 24.4 Å². The van der Waals surface area contributed by atoms with E-state index in [1.807, 2.05) is 6.07 Å². The van der Waals surface area contributed by atoms with Crippen LogP contribution in [0.3, 0.4) is 0 Å². The summed E-state index contributed by atoms with van der Waals surface area (Å²) in [6.45, 7) is 5.30. The van der Waals surface area contributed by atoms with Crippen LogP contribution in [-0.4, -0.2) is 33.6 Å². The lowest BCUT2D eigenvalue weighted by atomic mass is 9.93. The van der Waals surface area contributed by atoms with Crippen molar-refractivity contribution < 1.29 is 9.90 Å². The number of benzene rings is 1. The Hall–Kier alpha value is -2.17. The summed E-state index contributed by atoms with van der Waals surface area (Å²) in [5, 5.41) is 9.71. The van der Waals surface area contributed by atoms with Gasteiger partial charge in [-0.1, -0.05) is 13.0 Å². The molecule has 0 radical (unpaired) electrons. The van der Waals surface area contributed by atoms with Gasteiger partial charge in [-0.25, -0.2) is 14.8 Å². The third-order valence-corrected chi connectivity index (χ3v) is 3.90. The van der Waals surface area contributed by atoms with Crippen molar-refractivity contribution in [3.63, 3.8) is 0 Å². The second-order valence-corrected chi connectivity index (χ2v) is 5.08. The first-order valence-electron chi connectivity index (χ1n) is 6.33. The highest BCUT2D eigenvalue weighted by Gasteiger charge is 2.33. The fraction of sp³-hybridized carbons (Fsp3) is 0.357. The molecule has 0 spiro atoms. The lowest BCUT2D eigenvalue weighted by molar-refractivity contribution is 0.0699. The molecule has 2 heterocycles. The van der Waals surface area contributed by atoms with Gasteiger partial charge in [0.2, 0.25) is 5.95 Å². The van der Waals surface area contributed by atoms with Crippen LogP contribution in [0.4, 0.5) is 5.95 Å². The standard InChI is InChI=1S/C14H15N3O2/c1-8-7-17(9(8)2)14-15-6-11-10(13(18)19)4-3-5-12(11)16-14/h3-6,8-9H,7H2,1-2H3,(H,18,19). The number of anilines is 1. The van der Waals surface area contributed by atoms with Crippen LogP contribution in [0.25, 0.3) is 10.9 Å². The molecule has 5 heteroatoms. The molecule has 1 aromatic carbocycles. The van der Waals surface area contributed by atoms with Gasteiger partial charge in [-0.05, 0) is 25.0 Å². The predicted octanol–water partition coefficient (Wildman–Crippen LogP) is 2.17. The number of hydrogen-bond donors (Lipinski definition) is 1. The first-order valence-corrected chi connectivity index (χ1v) is 6.33. The van der Waals surface area contributed by atoms with Gasteiger partial charge in [0.1, 0.15) is 0 Å². The molecule has 3 rings (SSSR count). The lowest BCUT2D eigenvalue weighted by Crippen LogP contribution is -2.54. The van der Waals surface area contributed by atoms with Gasteiger partial charge in [-0.3, -0.25) is 0 Å². The Kier molecular flexibility index (Phi) is 2.62. The van der Waals surface area contributed by atoms with Crippen molar-refractivity contribution in [3.05, 3.63) is 30.0 Å². The molecule has 0 amide bonds. The Bertz CT molecular complexity index is 656. The van der Waals surface area contributed by atoms with Crippen LogP contribution in [0, 0.1) is 5.92 Å². The molecule has 1 aliphatic heterocycles. The average molecular weight is 257 g/mol. The number of carboxylic acids is 1. The summed E-state index contributed by atoms with van der Waals surface area (Å²) in [6.07, 6.45) is 1.61. The van der Waals surface area contributed by atoms with Crippen molar-refractivity contribution >= 4 is 22.8 Å². The summed E-state index contributed by atoms with van der Waals surface area (Å²) < 4.78 is 0. The van der Waals surface area contributed by atoms with Crippen molar-refractivity contribution in [2.24, 2.45) is 5.92 Å². The summed E-state index contributed by atoms with van der Waals surface area (Å²) >= 11 is 0. The molecular formula is C14H15N3O2. The minimum atomic E-state index is -0.951. The molecule has 1 N–H and O–H groups in total. The number of rotatable bonds is 2. The van der Waals surface area contributed by atoms with E-state index in [4.69, 9.17) is 5.11 Å². The van der Waals surface area contributed by atoms with Gasteiger partial charge in [0, 0.05) is 24.2 Å². The smallest absolute Gasteiger partial charge is 0.336 e. The highest BCUT2D eigenvalue weighted by atomic mass is 16.4. The molecule has 0 saturated carbocycles. The first kappa shape index (κ1) is 11.9. The van der Waals surface area contributed by atoms with Gasteiger partial charge in [0.05, 0.1) is 11.1 Å². The summed E-state index contributed by atoms with van der Waals surface area (Å²) in [7, 11) is 0. The van der Waals surface area contributed by atoms with Crippen molar-refractivity contribution in [1.29, 1.82) is 0 Å². The highest BCUT2D eigenvalue weighted by Crippen LogP contribution is 2.29. The van der Waals surface area contributed by atoms with E-state index in [1.54, 1.807) is 18.3 Å². The number of aromatic carboxylic acids is 1. The Balaban J connectivity index is 2.05. The summed E-state index contributed by atoms with van der Waals surface area (Å²) in [6, 6.07) is 5.54. The van der Waals surface area contributed by atoms with E-state index in [9.17, 15) is 4.79 Å². The van der Waals surface area contributed by atoms with Crippen LogP contribution >= 0.6 is 0 Å². The molecular weight excluding hydrogens is 242 g/mol. The van der Waals surface area contributed by atoms with Gasteiger partial charge < -0.3 is 10.0 Å². The van der Waals surface area contributed by atoms with E-state index in [0.717, 1.165) is 6.54 Å². The van der Waals surface area contributed by atoms with E-state index < -0.39 is 5.97 Å². The van der Waals surface area contributed by atoms with Crippen molar-refractivity contribution in [3.8, 4) is 0 Å². The van der Waals surface area contributed by atoms with E-state index in [-0.39, 0.29) is 5.56 Å². The molecule has 1 fully saturated rings. The van der Waals surface area contributed by atoms with Crippen molar-refractivity contribution in [2.45, 2.75) is 19.9 Å². The molecule has 1 saturated heterocycles.